The van der Waals surface area contributed by atoms with Gasteiger partial charge in [-0.15, -0.1) is 11.8 Å². The third-order valence-corrected chi connectivity index (χ3v) is 6.34. The third kappa shape index (κ3) is 8.60. The van der Waals surface area contributed by atoms with Crippen LogP contribution in [-0.4, -0.2) is 46.7 Å². The van der Waals surface area contributed by atoms with Gasteiger partial charge in [-0.05, 0) is 39.5 Å². The number of hydrogen-bond donors (Lipinski definition) is 1. The van der Waals surface area contributed by atoms with Crippen LogP contribution in [0.25, 0.3) is 0 Å². The minimum Gasteiger partial charge on any atom is -0.353 e. The van der Waals surface area contributed by atoms with Gasteiger partial charge < -0.3 is 14.0 Å². The predicted molar refractivity (Wildman–Crippen MR) is 114 cm³/mol. The number of hydrogen-bond acceptors (Lipinski definition) is 8. The van der Waals surface area contributed by atoms with Crippen molar-refractivity contribution in [1.82, 2.24) is 5.16 Å². The third-order valence-electron chi connectivity index (χ3n) is 4.83. The maximum absolute atomic E-state index is 12.6. The van der Waals surface area contributed by atoms with E-state index in [-0.39, 0.29) is 23.8 Å². The molecule has 2 heterocycles. The molecule has 2 rings (SSSR count). The van der Waals surface area contributed by atoms with Crippen molar-refractivity contribution in [2.45, 2.75) is 88.9 Å². The molecule has 0 aliphatic carbocycles. The summed E-state index contributed by atoms with van der Waals surface area (Å²) in [6, 6.07) is 1.78. The van der Waals surface area contributed by atoms with Crippen molar-refractivity contribution < 1.29 is 28.4 Å². The zero-order valence-electron chi connectivity index (χ0n) is 18.8. The minimum atomic E-state index is -0.542. The zero-order valence-corrected chi connectivity index (χ0v) is 19.6. The van der Waals surface area contributed by atoms with Gasteiger partial charge in [0, 0.05) is 23.3 Å². The first kappa shape index (κ1) is 26.4. The molecule has 0 aromatic carbocycles. The Morgan fingerprint density at radius 2 is 2.03 bits per heavy atom. The monoisotopic (exact) mass is 442 g/mol. The Morgan fingerprint density at radius 1 is 1.37 bits per heavy atom. The molecule has 1 N–H and O–H groups in total. The van der Waals surface area contributed by atoms with Crippen molar-refractivity contribution in [3.05, 3.63) is 11.8 Å². The van der Waals surface area contributed by atoms with Gasteiger partial charge in [0.1, 0.15) is 0 Å². The summed E-state index contributed by atoms with van der Waals surface area (Å²) in [5.74, 6) is 0.287. The second-order valence-electron chi connectivity index (χ2n) is 8.45. The second-order valence-corrected chi connectivity index (χ2v) is 10.5. The highest BCUT2D eigenvalue weighted by molar-refractivity contribution is 8.01. The molecule has 2 atom stereocenters. The van der Waals surface area contributed by atoms with Gasteiger partial charge in [0.15, 0.2) is 6.29 Å². The maximum Gasteiger partial charge on any atom is 0.373 e. The van der Waals surface area contributed by atoms with Crippen molar-refractivity contribution in [1.29, 1.82) is 0 Å². The average Bonchev–Trinajstić information content (AvgIpc) is 3.17. The van der Waals surface area contributed by atoms with Crippen LogP contribution >= 0.6 is 11.8 Å². The van der Waals surface area contributed by atoms with Gasteiger partial charge in [-0.3, -0.25) is 10.1 Å². The number of carbonyl (C=O) groups is 1. The highest BCUT2D eigenvalue weighted by Gasteiger charge is 2.32. The lowest BCUT2D eigenvalue weighted by atomic mass is 9.90. The smallest absolute Gasteiger partial charge is 0.353 e. The Morgan fingerprint density at radius 3 is 2.60 bits per heavy atom. The highest BCUT2D eigenvalue weighted by Crippen LogP contribution is 2.32. The number of amides is 1. The summed E-state index contributed by atoms with van der Waals surface area (Å²) in [4.78, 5) is 28.9. The number of ether oxygens (including phenoxy) is 2. The summed E-state index contributed by atoms with van der Waals surface area (Å²) in [6.07, 6.45) is 4.30. The SMILES string of the molecule is CCC(C)SC(C)(C)C(=O)Nc1cc(C(C)(C)COC2CCCCO2)no1.O=C=O. The molecule has 9 heteroatoms. The number of nitrogens with one attached hydrogen (secondary N) is 1. The molecule has 0 spiro atoms. The van der Waals surface area contributed by atoms with Crippen LogP contribution in [0.15, 0.2) is 10.6 Å². The van der Waals surface area contributed by atoms with Gasteiger partial charge in [0.05, 0.1) is 17.0 Å². The number of thioether (sulfide) groups is 1. The maximum atomic E-state index is 12.6. The summed E-state index contributed by atoms with van der Waals surface area (Å²) in [6.45, 7) is 13.4. The number of anilines is 1. The van der Waals surface area contributed by atoms with E-state index in [2.05, 4.69) is 24.3 Å². The first-order chi connectivity index (χ1) is 14.1. The van der Waals surface area contributed by atoms with Gasteiger partial charge in [0.25, 0.3) is 0 Å². The lowest BCUT2D eigenvalue weighted by molar-refractivity contribution is -0.191. The quantitative estimate of drug-likeness (QED) is 0.607. The van der Waals surface area contributed by atoms with Crippen LogP contribution in [0.4, 0.5) is 5.88 Å². The molecule has 1 aliphatic rings. The molecular weight excluding hydrogens is 408 g/mol. The van der Waals surface area contributed by atoms with E-state index in [1.807, 2.05) is 27.7 Å². The second kappa shape index (κ2) is 12.2. The van der Waals surface area contributed by atoms with Crippen molar-refractivity contribution in [3.63, 3.8) is 0 Å². The Kier molecular flexibility index (Phi) is 10.8. The van der Waals surface area contributed by atoms with Crippen LogP contribution in [0.3, 0.4) is 0 Å². The highest BCUT2D eigenvalue weighted by atomic mass is 32.2. The van der Waals surface area contributed by atoms with Crippen LogP contribution in [0.5, 0.6) is 0 Å². The van der Waals surface area contributed by atoms with E-state index in [1.165, 1.54) is 0 Å². The topological polar surface area (TPSA) is 108 Å². The molecule has 0 saturated carbocycles. The number of rotatable bonds is 9. The average molecular weight is 443 g/mol. The summed E-state index contributed by atoms with van der Waals surface area (Å²) >= 11 is 1.66. The first-order valence-electron chi connectivity index (χ1n) is 10.2. The van der Waals surface area contributed by atoms with E-state index < -0.39 is 4.75 Å². The molecule has 0 radical (unpaired) electrons. The minimum absolute atomic E-state index is 0.0832. The fourth-order valence-corrected chi connectivity index (χ4v) is 4.10. The Bertz CT molecular complexity index is 691. The molecule has 170 valence electrons. The van der Waals surface area contributed by atoms with Gasteiger partial charge in [-0.1, -0.05) is 32.9 Å². The van der Waals surface area contributed by atoms with Gasteiger partial charge in [-0.2, -0.15) is 9.59 Å². The van der Waals surface area contributed by atoms with E-state index in [0.717, 1.165) is 38.0 Å². The molecule has 30 heavy (non-hydrogen) atoms. The van der Waals surface area contributed by atoms with Gasteiger partial charge >= 0.3 is 6.15 Å². The largest absolute Gasteiger partial charge is 0.373 e. The molecule has 1 saturated heterocycles. The summed E-state index contributed by atoms with van der Waals surface area (Å²) in [7, 11) is 0. The summed E-state index contributed by atoms with van der Waals surface area (Å²) in [5, 5.41) is 7.41. The fourth-order valence-electron chi connectivity index (χ4n) is 2.77. The van der Waals surface area contributed by atoms with Gasteiger partial charge in [-0.25, -0.2) is 0 Å². The Balaban J connectivity index is 0.00000141. The predicted octanol–water partition coefficient (Wildman–Crippen LogP) is 4.16. The van der Waals surface area contributed by atoms with Crippen LogP contribution in [0, 0.1) is 0 Å². The molecule has 1 amide bonds. The van der Waals surface area contributed by atoms with Crippen molar-refractivity contribution in [3.8, 4) is 0 Å². The van der Waals surface area contributed by atoms with Crippen LogP contribution in [0.1, 0.15) is 72.9 Å². The molecule has 1 aliphatic heterocycles. The molecule has 1 fully saturated rings. The molecule has 1 aromatic heterocycles. The lowest BCUT2D eigenvalue weighted by Gasteiger charge is -2.28. The van der Waals surface area contributed by atoms with E-state index in [4.69, 9.17) is 23.6 Å². The molecule has 2 unspecified atom stereocenters. The van der Waals surface area contributed by atoms with Crippen LogP contribution in [-0.2, 0) is 29.3 Å². The number of carbonyl (C=O) groups excluding carboxylic acids is 3. The zero-order chi connectivity index (χ0) is 22.8. The molecule has 1 aromatic rings. The van der Waals surface area contributed by atoms with E-state index >= 15 is 0 Å². The lowest BCUT2D eigenvalue weighted by Crippen LogP contribution is -2.35. The normalized spacial score (nSPS) is 18.0. The van der Waals surface area contributed by atoms with Gasteiger partial charge in [0.2, 0.25) is 11.8 Å². The molecule has 0 bridgehead atoms. The van der Waals surface area contributed by atoms with Crippen molar-refractivity contribution in [2.24, 2.45) is 0 Å². The Labute approximate surface area is 182 Å². The van der Waals surface area contributed by atoms with Crippen LogP contribution in [0.2, 0.25) is 0 Å². The number of nitrogens with zero attached hydrogens (tertiary/aromatic N) is 1. The summed E-state index contributed by atoms with van der Waals surface area (Å²) < 4.78 is 16.3. The van der Waals surface area contributed by atoms with Crippen molar-refractivity contribution >= 4 is 29.7 Å². The fraction of sp³-hybridized carbons (Fsp3) is 0.762. The van der Waals surface area contributed by atoms with E-state index in [9.17, 15) is 4.79 Å². The van der Waals surface area contributed by atoms with Crippen LogP contribution < -0.4 is 5.32 Å². The first-order valence-corrected chi connectivity index (χ1v) is 11.1. The molecule has 8 nitrogen and oxygen atoms in total. The van der Waals surface area contributed by atoms with E-state index in [0.29, 0.717) is 17.7 Å². The van der Waals surface area contributed by atoms with Crippen molar-refractivity contribution in [2.75, 3.05) is 18.5 Å². The Hall–Kier alpha value is -1.67. The summed E-state index contributed by atoms with van der Waals surface area (Å²) in [5.41, 5.74) is 0.412. The standard InChI is InChI=1S/C20H34N2O4S.CO2/c1-7-14(2)27-20(5,6)18(23)21-16-12-15(22-26-16)19(3,4)13-25-17-10-8-9-11-24-17;2-1-3/h12,14,17H,7-11,13H2,1-6H3,(H,21,23);. The van der Waals surface area contributed by atoms with E-state index in [1.54, 1.807) is 17.8 Å². The number of aromatic nitrogens is 1. The molecular formula is C21H34N2O6S.